The Morgan fingerprint density at radius 3 is 1.91 bits per heavy atom. The number of anilines is 2. The third-order valence-electron chi connectivity index (χ3n) is 7.08. The molecule has 0 saturated carbocycles. The number of ether oxygens (including phenoxy) is 3. The molecule has 0 bridgehead atoms. The van der Waals surface area contributed by atoms with Crippen LogP contribution in [0.15, 0.2) is 103 Å². The average Bonchev–Trinajstić information content (AvgIpc) is 3.04. The number of nitriles is 1. The van der Waals surface area contributed by atoms with Crippen LogP contribution in [-0.2, 0) is 22.4 Å². The molecule has 0 atom stereocenters. The van der Waals surface area contributed by atoms with Crippen LogP contribution in [0.2, 0.25) is 0 Å². The van der Waals surface area contributed by atoms with Gasteiger partial charge in [0.15, 0.2) is 0 Å². The van der Waals surface area contributed by atoms with Gasteiger partial charge in [0.2, 0.25) is 0 Å². The Morgan fingerprint density at radius 1 is 0.800 bits per heavy atom. The standard InChI is InChI=1S/C37H37N3O5/c1-37(24-28-4-13-31(39)14-5-28,25-29-6-15-32(40)16-7-29)26-44-35(41)21-10-27-8-17-34(18-9-27)45-36(42)30-11-19-33(20-12-30)43-23-3-2-22-38/h4-21H,2-3,23-26,39-40H2,1H3/b21-10+. The summed E-state index contributed by atoms with van der Waals surface area (Å²) >= 11 is 0. The topological polar surface area (TPSA) is 138 Å². The summed E-state index contributed by atoms with van der Waals surface area (Å²) in [5.74, 6) is 0.0350. The van der Waals surface area contributed by atoms with Crippen molar-refractivity contribution in [2.24, 2.45) is 5.41 Å². The van der Waals surface area contributed by atoms with Gasteiger partial charge in [-0.05, 0) is 103 Å². The van der Waals surface area contributed by atoms with Gasteiger partial charge in [0.1, 0.15) is 11.5 Å². The predicted octanol–water partition coefficient (Wildman–Crippen LogP) is 6.80. The van der Waals surface area contributed by atoms with Crippen LogP contribution in [0.25, 0.3) is 6.08 Å². The van der Waals surface area contributed by atoms with Crippen molar-refractivity contribution in [2.75, 3.05) is 24.7 Å². The van der Waals surface area contributed by atoms with Gasteiger partial charge >= 0.3 is 11.9 Å². The van der Waals surface area contributed by atoms with Crippen LogP contribution in [0.5, 0.6) is 11.5 Å². The van der Waals surface area contributed by atoms with Gasteiger partial charge in [0.05, 0.1) is 24.8 Å². The largest absolute Gasteiger partial charge is 0.494 e. The SMILES string of the molecule is CC(COC(=O)/C=C/c1ccc(OC(=O)c2ccc(OCCCC#N)cc2)cc1)(Cc1ccc(N)cc1)Cc1ccc(N)cc1. The molecule has 4 rings (SSSR count). The second-order valence-electron chi connectivity index (χ2n) is 11.2. The molecule has 8 heteroatoms. The maximum atomic E-state index is 12.7. The zero-order valence-electron chi connectivity index (χ0n) is 25.3. The Morgan fingerprint density at radius 2 is 1.36 bits per heavy atom. The number of nitrogens with zero attached hydrogens (tertiary/aromatic N) is 1. The fourth-order valence-corrected chi connectivity index (χ4v) is 4.72. The van der Waals surface area contributed by atoms with Crippen LogP contribution in [-0.4, -0.2) is 25.2 Å². The smallest absolute Gasteiger partial charge is 0.343 e. The third-order valence-corrected chi connectivity index (χ3v) is 7.08. The van der Waals surface area contributed by atoms with E-state index < -0.39 is 11.9 Å². The lowest BCUT2D eigenvalue weighted by Crippen LogP contribution is -2.30. The summed E-state index contributed by atoms with van der Waals surface area (Å²) in [6.45, 7) is 2.75. The molecule has 4 N–H and O–H groups in total. The number of rotatable bonds is 14. The Balaban J connectivity index is 1.30. The maximum absolute atomic E-state index is 12.7. The van der Waals surface area contributed by atoms with Crippen LogP contribution in [0.1, 0.15) is 46.8 Å². The number of unbranched alkanes of at least 4 members (excludes halogenated alkanes) is 1. The fourth-order valence-electron chi connectivity index (χ4n) is 4.72. The van der Waals surface area contributed by atoms with Crippen LogP contribution >= 0.6 is 0 Å². The molecule has 8 nitrogen and oxygen atoms in total. The first-order chi connectivity index (χ1) is 21.7. The lowest BCUT2D eigenvalue weighted by Gasteiger charge is -2.29. The Labute approximate surface area is 263 Å². The van der Waals surface area contributed by atoms with E-state index in [2.05, 4.69) is 13.0 Å². The Bertz CT molecular complexity index is 1570. The number of nitrogens with two attached hydrogens (primary N) is 2. The van der Waals surface area contributed by atoms with Crippen molar-refractivity contribution in [1.82, 2.24) is 0 Å². The van der Waals surface area contributed by atoms with E-state index in [1.807, 2.05) is 48.5 Å². The summed E-state index contributed by atoms with van der Waals surface area (Å²) in [6, 6.07) is 31.0. The second kappa shape index (κ2) is 15.8. The monoisotopic (exact) mass is 603 g/mol. The molecular formula is C37H37N3O5. The van der Waals surface area contributed by atoms with Gasteiger partial charge in [-0.3, -0.25) is 0 Å². The molecular weight excluding hydrogens is 566 g/mol. The number of carbonyl (C=O) groups excluding carboxylic acids is 2. The molecule has 0 radical (unpaired) electrons. The van der Waals surface area contributed by atoms with E-state index >= 15 is 0 Å². The summed E-state index contributed by atoms with van der Waals surface area (Å²) in [5.41, 5.74) is 16.1. The van der Waals surface area contributed by atoms with Crippen molar-refractivity contribution in [3.05, 3.63) is 125 Å². The molecule has 0 heterocycles. The zero-order valence-corrected chi connectivity index (χ0v) is 25.3. The number of nitrogen functional groups attached to an aromatic ring is 2. The molecule has 0 amide bonds. The summed E-state index contributed by atoms with van der Waals surface area (Å²) < 4.78 is 16.7. The first-order valence-electron chi connectivity index (χ1n) is 14.7. The van der Waals surface area contributed by atoms with Gasteiger partial charge in [-0.25, -0.2) is 9.59 Å². The molecule has 4 aromatic rings. The van der Waals surface area contributed by atoms with Gasteiger partial charge in [-0.1, -0.05) is 43.3 Å². The Kier molecular flexibility index (Phi) is 11.4. The molecule has 45 heavy (non-hydrogen) atoms. The van der Waals surface area contributed by atoms with Crippen molar-refractivity contribution in [3.63, 3.8) is 0 Å². The lowest BCUT2D eigenvalue weighted by atomic mass is 9.79. The van der Waals surface area contributed by atoms with Crippen LogP contribution < -0.4 is 20.9 Å². The fraction of sp³-hybridized carbons (Fsp3) is 0.216. The van der Waals surface area contributed by atoms with Crippen molar-refractivity contribution in [1.29, 1.82) is 5.26 Å². The van der Waals surface area contributed by atoms with Crippen LogP contribution in [0.3, 0.4) is 0 Å². The zero-order chi connectivity index (χ0) is 32.1. The summed E-state index contributed by atoms with van der Waals surface area (Å²) in [7, 11) is 0. The molecule has 0 aliphatic carbocycles. The van der Waals surface area contributed by atoms with E-state index in [0.29, 0.717) is 60.7 Å². The van der Waals surface area contributed by atoms with E-state index in [9.17, 15) is 9.59 Å². The van der Waals surface area contributed by atoms with Gasteiger partial charge in [-0.2, -0.15) is 5.26 Å². The normalized spacial score (nSPS) is 11.1. The molecule has 0 unspecified atom stereocenters. The first kappa shape index (κ1) is 32.4. The summed E-state index contributed by atoms with van der Waals surface area (Å²) in [5, 5.41) is 8.59. The van der Waals surface area contributed by atoms with E-state index in [1.165, 1.54) is 6.08 Å². The van der Waals surface area contributed by atoms with Crippen LogP contribution in [0, 0.1) is 16.7 Å². The highest BCUT2D eigenvalue weighted by atomic mass is 16.5. The van der Waals surface area contributed by atoms with Crippen molar-refractivity contribution < 1.29 is 23.8 Å². The predicted molar refractivity (Wildman–Crippen MR) is 175 cm³/mol. The molecule has 0 aromatic heterocycles. The van der Waals surface area contributed by atoms with E-state index in [0.717, 1.165) is 16.7 Å². The van der Waals surface area contributed by atoms with Gasteiger partial charge in [0.25, 0.3) is 0 Å². The second-order valence-corrected chi connectivity index (χ2v) is 11.2. The molecule has 0 fully saturated rings. The van der Waals surface area contributed by atoms with Crippen molar-refractivity contribution in [3.8, 4) is 17.6 Å². The van der Waals surface area contributed by atoms with E-state index in [4.69, 9.17) is 30.9 Å². The van der Waals surface area contributed by atoms with Crippen molar-refractivity contribution >= 4 is 29.4 Å². The van der Waals surface area contributed by atoms with Gasteiger partial charge in [-0.15, -0.1) is 0 Å². The number of hydrogen-bond acceptors (Lipinski definition) is 8. The lowest BCUT2D eigenvalue weighted by molar-refractivity contribution is -0.141. The highest BCUT2D eigenvalue weighted by Crippen LogP contribution is 2.29. The number of esters is 2. The first-order valence-corrected chi connectivity index (χ1v) is 14.7. The quantitative estimate of drug-likeness (QED) is 0.0528. The number of benzene rings is 4. The summed E-state index contributed by atoms with van der Waals surface area (Å²) in [4.78, 5) is 25.3. The number of carbonyl (C=O) groups is 2. The molecule has 4 aromatic carbocycles. The van der Waals surface area contributed by atoms with Gasteiger partial charge < -0.3 is 25.7 Å². The van der Waals surface area contributed by atoms with E-state index in [1.54, 1.807) is 54.6 Å². The van der Waals surface area contributed by atoms with Gasteiger partial charge in [0, 0.05) is 29.3 Å². The van der Waals surface area contributed by atoms with Crippen molar-refractivity contribution in [2.45, 2.75) is 32.6 Å². The molecule has 0 spiro atoms. The molecule has 0 aliphatic rings. The Hall–Kier alpha value is -5.55. The highest BCUT2D eigenvalue weighted by molar-refractivity contribution is 5.91. The minimum Gasteiger partial charge on any atom is -0.494 e. The average molecular weight is 604 g/mol. The third kappa shape index (κ3) is 10.6. The minimum absolute atomic E-state index is 0.216. The van der Waals surface area contributed by atoms with E-state index in [-0.39, 0.29) is 12.0 Å². The number of hydrogen-bond donors (Lipinski definition) is 2. The molecule has 0 saturated heterocycles. The minimum atomic E-state index is -0.501. The molecule has 0 aliphatic heterocycles. The maximum Gasteiger partial charge on any atom is 0.343 e. The van der Waals surface area contributed by atoms with Crippen LogP contribution in [0.4, 0.5) is 11.4 Å². The molecule has 230 valence electrons. The summed E-state index contributed by atoms with van der Waals surface area (Å²) in [6.07, 6.45) is 5.49. The highest BCUT2D eigenvalue weighted by Gasteiger charge is 2.27.